The van der Waals surface area contributed by atoms with Crippen molar-refractivity contribution in [3.8, 4) is 11.1 Å². The van der Waals surface area contributed by atoms with Gasteiger partial charge >= 0.3 is 12.1 Å². The summed E-state index contributed by atoms with van der Waals surface area (Å²) in [6, 6.07) is 20.0. The second-order valence-corrected chi connectivity index (χ2v) is 8.33. The molecule has 0 saturated heterocycles. The molecular formula is C26H23ClN2O6. The second-order valence-electron chi connectivity index (χ2n) is 7.92. The maximum Gasteiger partial charge on any atom is 0.407 e. The molecule has 0 heterocycles. The van der Waals surface area contributed by atoms with E-state index in [1.54, 1.807) is 0 Å². The van der Waals surface area contributed by atoms with E-state index >= 15 is 0 Å². The van der Waals surface area contributed by atoms with E-state index in [4.69, 9.17) is 26.2 Å². The summed E-state index contributed by atoms with van der Waals surface area (Å²) in [5.74, 6) is -1.84. The largest absolute Gasteiger partial charge is 0.478 e. The summed E-state index contributed by atoms with van der Waals surface area (Å²) in [7, 11) is 1.32. The van der Waals surface area contributed by atoms with Crippen molar-refractivity contribution in [1.82, 2.24) is 5.32 Å². The number of fused-ring (bicyclic) bond motifs is 3. The van der Waals surface area contributed by atoms with Gasteiger partial charge in [0.15, 0.2) is 6.10 Å². The number of rotatable bonds is 8. The number of amides is 2. The average molecular weight is 495 g/mol. The van der Waals surface area contributed by atoms with Crippen LogP contribution in [0, 0.1) is 0 Å². The summed E-state index contributed by atoms with van der Waals surface area (Å²) in [5, 5.41) is 14.4. The molecule has 4 rings (SSSR count). The lowest BCUT2D eigenvalue weighted by Crippen LogP contribution is -2.41. The average Bonchev–Trinajstić information content (AvgIpc) is 3.18. The SMILES string of the molecule is COC(CNC(=O)OCC1c2ccccc2-c2ccccc21)C(=O)Nc1cc(C(=O)O)ccc1Cl. The van der Waals surface area contributed by atoms with Crippen LogP contribution in [-0.4, -0.2) is 49.4 Å². The predicted molar refractivity (Wildman–Crippen MR) is 131 cm³/mol. The third kappa shape index (κ3) is 5.29. The molecule has 0 radical (unpaired) electrons. The van der Waals surface area contributed by atoms with Crippen LogP contribution in [-0.2, 0) is 14.3 Å². The van der Waals surface area contributed by atoms with Gasteiger partial charge in [-0.2, -0.15) is 0 Å². The topological polar surface area (TPSA) is 114 Å². The third-order valence-electron chi connectivity index (χ3n) is 5.82. The number of carbonyl (C=O) groups is 3. The first-order valence-electron chi connectivity index (χ1n) is 10.8. The molecule has 1 unspecified atom stereocenters. The fourth-order valence-electron chi connectivity index (χ4n) is 4.08. The Morgan fingerprint density at radius 2 is 1.63 bits per heavy atom. The standard InChI is InChI=1S/C26H23ClN2O6/c1-34-23(24(30)29-22-12-15(25(31)32)10-11-21(22)27)13-28-26(33)35-14-20-18-8-4-2-6-16(18)17-7-3-5-9-19(17)20/h2-12,20,23H,13-14H2,1H3,(H,28,33)(H,29,30)(H,31,32). The molecule has 180 valence electrons. The number of methoxy groups -OCH3 is 1. The van der Waals surface area contributed by atoms with Crippen molar-refractivity contribution in [3.63, 3.8) is 0 Å². The normalized spacial score (nSPS) is 12.9. The fraction of sp³-hybridized carbons (Fsp3) is 0.192. The smallest absolute Gasteiger partial charge is 0.407 e. The molecule has 2 amide bonds. The van der Waals surface area contributed by atoms with Gasteiger partial charge < -0.3 is 25.2 Å². The van der Waals surface area contributed by atoms with Crippen LogP contribution in [0.5, 0.6) is 0 Å². The number of carboxylic acids is 1. The lowest BCUT2D eigenvalue weighted by molar-refractivity contribution is -0.125. The molecular weight excluding hydrogens is 472 g/mol. The van der Waals surface area contributed by atoms with Crippen LogP contribution >= 0.6 is 11.6 Å². The van der Waals surface area contributed by atoms with Crippen molar-refractivity contribution < 1.29 is 29.0 Å². The minimum Gasteiger partial charge on any atom is -0.478 e. The number of halogens is 1. The zero-order valence-corrected chi connectivity index (χ0v) is 19.5. The van der Waals surface area contributed by atoms with Crippen molar-refractivity contribution >= 4 is 35.3 Å². The number of benzene rings is 3. The Kier molecular flexibility index (Phi) is 7.33. The number of hydrogen-bond donors (Lipinski definition) is 3. The maximum atomic E-state index is 12.6. The van der Waals surface area contributed by atoms with Gasteiger partial charge in [0.25, 0.3) is 5.91 Å². The Hall–Kier alpha value is -3.88. The zero-order valence-electron chi connectivity index (χ0n) is 18.8. The molecule has 0 aromatic heterocycles. The number of ether oxygens (including phenoxy) is 2. The minimum atomic E-state index is -1.16. The van der Waals surface area contributed by atoms with Crippen molar-refractivity contribution in [2.24, 2.45) is 0 Å². The fourth-order valence-corrected chi connectivity index (χ4v) is 4.24. The summed E-state index contributed by atoms with van der Waals surface area (Å²) in [6.45, 7) is -0.0173. The van der Waals surface area contributed by atoms with Gasteiger partial charge in [-0.1, -0.05) is 60.1 Å². The number of alkyl carbamates (subject to hydrolysis) is 1. The Balaban J connectivity index is 1.34. The number of carboxylic acid groups (broad SMARTS) is 1. The number of hydrogen-bond acceptors (Lipinski definition) is 5. The Bertz CT molecular complexity index is 1230. The van der Waals surface area contributed by atoms with Crippen molar-refractivity contribution in [2.45, 2.75) is 12.0 Å². The molecule has 3 aromatic carbocycles. The van der Waals surface area contributed by atoms with E-state index in [1.807, 2.05) is 36.4 Å². The van der Waals surface area contributed by atoms with Crippen molar-refractivity contribution in [3.05, 3.63) is 88.4 Å². The molecule has 9 heteroatoms. The Morgan fingerprint density at radius 3 is 2.23 bits per heavy atom. The van der Waals surface area contributed by atoms with Crippen LogP contribution in [0.1, 0.15) is 27.4 Å². The molecule has 0 bridgehead atoms. The molecule has 3 aromatic rings. The summed E-state index contributed by atoms with van der Waals surface area (Å²) < 4.78 is 10.7. The highest BCUT2D eigenvalue weighted by Crippen LogP contribution is 2.44. The van der Waals surface area contributed by atoms with Crippen LogP contribution in [0.15, 0.2) is 66.7 Å². The van der Waals surface area contributed by atoms with E-state index in [1.165, 1.54) is 25.3 Å². The lowest BCUT2D eigenvalue weighted by atomic mass is 9.98. The zero-order chi connectivity index (χ0) is 24.9. The number of carbonyl (C=O) groups excluding carboxylic acids is 2. The van der Waals surface area contributed by atoms with Gasteiger partial charge in [0.05, 0.1) is 22.8 Å². The van der Waals surface area contributed by atoms with Crippen molar-refractivity contribution in [2.75, 3.05) is 25.6 Å². The Labute approximate surface area is 206 Å². The van der Waals surface area contributed by atoms with E-state index < -0.39 is 24.1 Å². The van der Waals surface area contributed by atoms with Gasteiger partial charge in [-0.25, -0.2) is 9.59 Å². The van der Waals surface area contributed by atoms with Gasteiger partial charge in [-0.15, -0.1) is 0 Å². The number of aromatic carboxylic acids is 1. The first kappa shape index (κ1) is 24.3. The highest BCUT2D eigenvalue weighted by Gasteiger charge is 2.29. The first-order valence-corrected chi connectivity index (χ1v) is 11.2. The molecule has 0 fully saturated rings. The monoisotopic (exact) mass is 494 g/mol. The maximum absolute atomic E-state index is 12.6. The lowest BCUT2D eigenvalue weighted by Gasteiger charge is -2.18. The third-order valence-corrected chi connectivity index (χ3v) is 6.15. The molecule has 35 heavy (non-hydrogen) atoms. The van der Waals surface area contributed by atoms with Gasteiger partial charge in [0.1, 0.15) is 6.61 Å². The summed E-state index contributed by atoms with van der Waals surface area (Å²) >= 11 is 6.06. The van der Waals surface area contributed by atoms with Crippen LogP contribution in [0.25, 0.3) is 11.1 Å². The predicted octanol–water partition coefficient (Wildman–Crippen LogP) is 4.53. The van der Waals surface area contributed by atoms with E-state index in [2.05, 4.69) is 22.8 Å². The van der Waals surface area contributed by atoms with Crippen molar-refractivity contribution in [1.29, 1.82) is 0 Å². The van der Waals surface area contributed by atoms with Gasteiger partial charge in [0, 0.05) is 13.0 Å². The Morgan fingerprint density at radius 1 is 1.00 bits per heavy atom. The number of nitrogens with one attached hydrogen (secondary N) is 2. The number of anilines is 1. The van der Waals surface area contributed by atoms with Crippen LogP contribution in [0.2, 0.25) is 5.02 Å². The quantitative estimate of drug-likeness (QED) is 0.424. The van der Waals surface area contributed by atoms with Crippen LogP contribution < -0.4 is 10.6 Å². The molecule has 0 aliphatic heterocycles. The molecule has 3 N–H and O–H groups in total. The summed E-state index contributed by atoms with van der Waals surface area (Å²) in [4.78, 5) is 36.2. The van der Waals surface area contributed by atoms with E-state index in [9.17, 15) is 14.4 Å². The van der Waals surface area contributed by atoms with Gasteiger partial charge in [-0.3, -0.25) is 4.79 Å². The summed E-state index contributed by atoms with van der Waals surface area (Å²) in [6.07, 6.45) is -1.74. The summed E-state index contributed by atoms with van der Waals surface area (Å²) in [5.41, 5.74) is 4.53. The molecule has 0 saturated carbocycles. The highest BCUT2D eigenvalue weighted by molar-refractivity contribution is 6.33. The van der Waals surface area contributed by atoms with E-state index in [-0.39, 0.29) is 35.3 Å². The first-order chi connectivity index (χ1) is 16.9. The molecule has 0 spiro atoms. The molecule has 1 atom stereocenters. The van der Waals surface area contributed by atoms with E-state index in [0.717, 1.165) is 22.3 Å². The molecule has 1 aliphatic carbocycles. The molecule has 1 aliphatic rings. The van der Waals surface area contributed by atoms with Gasteiger partial charge in [0.2, 0.25) is 0 Å². The van der Waals surface area contributed by atoms with Gasteiger partial charge in [-0.05, 0) is 40.5 Å². The highest BCUT2D eigenvalue weighted by atomic mass is 35.5. The minimum absolute atomic E-state index is 0.0320. The molecule has 8 nitrogen and oxygen atoms in total. The van der Waals surface area contributed by atoms with Crippen LogP contribution in [0.3, 0.4) is 0 Å². The van der Waals surface area contributed by atoms with E-state index in [0.29, 0.717) is 0 Å². The van der Waals surface area contributed by atoms with Crippen LogP contribution in [0.4, 0.5) is 10.5 Å². The second kappa shape index (κ2) is 10.6.